The van der Waals surface area contributed by atoms with E-state index in [1.807, 2.05) is 18.2 Å². The molecule has 0 fully saturated rings. The molecule has 0 radical (unpaired) electrons. The van der Waals surface area contributed by atoms with E-state index in [9.17, 15) is 0 Å². The Hall–Kier alpha value is -7.85. The highest BCUT2D eigenvalue weighted by atomic mass is 28.3. The lowest BCUT2D eigenvalue weighted by molar-refractivity contribution is 0.971. The molecule has 0 spiro atoms. The molecule has 6 heteroatoms. The molecule has 282 valence electrons. The quantitative estimate of drug-likeness (QED) is 0.0918. The largest absolute Gasteiger partial charge is 0.294 e. The van der Waals surface area contributed by atoms with Gasteiger partial charge in [0.05, 0.1) is 34.7 Å². The van der Waals surface area contributed by atoms with Gasteiger partial charge in [0, 0.05) is 23.4 Å². The predicted octanol–water partition coefficient (Wildman–Crippen LogP) is 10.5. The Balaban J connectivity index is 1.21. The molecule has 11 rings (SSSR count). The van der Waals surface area contributed by atoms with E-state index in [0.29, 0.717) is 11.6 Å². The monoisotopic (exact) mass is 783 g/mol. The molecule has 0 amide bonds. The molecule has 0 aliphatic carbocycles. The minimum absolute atomic E-state index is 0.563. The Labute approximate surface area is 350 Å². The average molecular weight is 784 g/mol. The first-order valence-corrected chi connectivity index (χ1v) is 22.2. The molecule has 2 aromatic heterocycles. The van der Waals surface area contributed by atoms with Crippen LogP contribution in [0.5, 0.6) is 0 Å². The summed E-state index contributed by atoms with van der Waals surface area (Å²) >= 11 is 0. The molecule has 0 N–H and O–H groups in total. The fourth-order valence-electron chi connectivity index (χ4n) is 9.35. The van der Waals surface area contributed by atoms with Gasteiger partial charge in [-0.1, -0.05) is 176 Å². The predicted molar refractivity (Wildman–Crippen MR) is 249 cm³/mol. The fraction of sp³-hybridized carbons (Fsp3) is 0.0185. The minimum Gasteiger partial charge on any atom is -0.294 e. The highest BCUT2D eigenvalue weighted by Crippen LogP contribution is 2.44. The third-order valence-corrected chi connectivity index (χ3v) is 16.7. The number of rotatable bonds is 7. The van der Waals surface area contributed by atoms with Crippen molar-refractivity contribution < 1.29 is 0 Å². The van der Waals surface area contributed by atoms with Gasteiger partial charge in [-0.2, -0.15) is 4.98 Å². The summed E-state index contributed by atoms with van der Waals surface area (Å²) in [6, 6.07) is 75.8. The molecule has 1 aliphatic rings. The third-order valence-electron chi connectivity index (χ3n) is 12.0. The summed E-state index contributed by atoms with van der Waals surface area (Å²) in [5.74, 6) is 1.34. The van der Waals surface area contributed by atoms with E-state index in [4.69, 9.17) is 16.5 Å². The third kappa shape index (κ3) is 5.67. The molecular formula is C54H37N5Si. The summed E-state index contributed by atoms with van der Waals surface area (Å²) in [5, 5.41) is 7.25. The second-order valence-electron chi connectivity index (χ2n) is 15.3. The Bertz CT molecular complexity index is 3120. The zero-order valence-corrected chi connectivity index (χ0v) is 33.7. The van der Waals surface area contributed by atoms with Crippen LogP contribution in [0.25, 0.3) is 43.9 Å². The summed E-state index contributed by atoms with van der Waals surface area (Å²) in [4.78, 5) is 17.1. The summed E-state index contributed by atoms with van der Waals surface area (Å²) in [6.07, 6.45) is 0.844. The first-order chi connectivity index (χ1) is 29.7. The van der Waals surface area contributed by atoms with Crippen molar-refractivity contribution in [2.75, 3.05) is 4.90 Å². The lowest BCUT2D eigenvalue weighted by Crippen LogP contribution is -2.74. The topological polar surface area (TPSA) is 38.3 Å². The number of hydrogen-bond acceptors (Lipinski definition) is 3. The van der Waals surface area contributed by atoms with Gasteiger partial charge in [-0.25, -0.2) is 9.83 Å². The van der Waals surface area contributed by atoms with Crippen molar-refractivity contribution in [2.24, 2.45) is 0 Å². The van der Waals surface area contributed by atoms with Gasteiger partial charge in [0.2, 0.25) is 5.95 Å². The van der Waals surface area contributed by atoms with Gasteiger partial charge in [0.1, 0.15) is 5.82 Å². The highest BCUT2D eigenvalue weighted by molar-refractivity contribution is 7.19. The van der Waals surface area contributed by atoms with E-state index >= 15 is 0 Å². The fourth-order valence-corrected chi connectivity index (χ4v) is 14.1. The van der Waals surface area contributed by atoms with Crippen LogP contribution in [0.3, 0.4) is 0 Å². The van der Waals surface area contributed by atoms with Crippen LogP contribution in [0.1, 0.15) is 11.1 Å². The van der Waals surface area contributed by atoms with Gasteiger partial charge in [0.25, 0.3) is 0 Å². The molecule has 60 heavy (non-hydrogen) atoms. The number of fused-ring (bicyclic) bond motifs is 5. The van der Waals surface area contributed by atoms with E-state index in [2.05, 4.69) is 208 Å². The molecule has 1 aliphatic heterocycles. The van der Waals surface area contributed by atoms with E-state index in [-0.39, 0.29) is 0 Å². The zero-order valence-electron chi connectivity index (χ0n) is 32.7. The minimum atomic E-state index is -2.84. The maximum atomic E-state index is 7.80. The van der Waals surface area contributed by atoms with Gasteiger partial charge < -0.3 is 0 Å². The van der Waals surface area contributed by atoms with Crippen molar-refractivity contribution in [2.45, 2.75) is 6.42 Å². The van der Waals surface area contributed by atoms with Crippen molar-refractivity contribution in [3.05, 3.63) is 235 Å². The molecule has 0 saturated heterocycles. The van der Waals surface area contributed by atoms with Crippen molar-refractivity contribution in [3.8, 4) is 17.2 Å². The second-order valence-corrected chi connectivity index (χ2v) is 19.1. The Kier molecular flexibility index (Phi) is 8.54. The van der Waals surface area contributed by atoms with E-state index in [0.717, 1.165) is 56.7 Å². The number of anilines is 3. The normalized spacial score (nSPS) is 12.2. The SMILES string of the molecule is [C-]#[N+]c1ccc2c(c1)c1ccccc1n2-c1nc(-c2cccc([Si](c3ccccc3)(c3ccccc3)c3ccccc3)c2)cc(N2c3ccccc3Cc3ccccc32)n1. The summed E-state index contributed by atoms with van der Waals surface area (Å²) in [7, 11) is -2.84. The van der Waals surface area contributed by atoms with Gasteiger partial charge in [-0.05, 0) is 67.6 Å². The van der Waals surface area contributed by atoms with Crippen LogP contribution in [-0.4, -0.2) is 22.6 Å². The van der Waals surface area contributed by atoms with Crippen LogP contribution in [0.2, 0.25) is 0 Å². The van der Waals surface area contributed by atoms with Crippen LogP contribution in [0, 0.1) is 6.57 Å². The van der Waals surface area contributed by atoms with E-state index in [1.165, 1.54) is 31.9 Å². The number of benzene rings is 8. The maximum Gasteiger partial charge on any atom is 0.237 e. The van der Waals surface area contributed by atoms with Crippen molar-refractivity contribution in [1.29, 1.82) is 0 Å². The summed E-state index contributed by atoms with van der Waals surface area (Å²) < 4.78 is 2.16. The first kappa shape index (κ1) is 35.3. The number of para-hydroxylation sites is 3. The van der Waals surface area contributed by atoms with Crippen LogP contribution < -0.4 is 25.6 Å². The molecule has 0 saturated carbocycles. The smallest absolute Gasteiger partial charge is 0.237 e. The number of aromatic nitrogens is 3. The van der Waals surface area contributed by atoms with Gasteiger partial charge in [-0.15, -0.1) is 0 Å². The molecule has 0 bridgehead atoms. The van der Waals surface area contributed by atoms with Crippen LogP contribution in [0.15, 0.2) is 212 Å². The molecule has 10 aromatic rings. The Morgan fingerprint density at radius 2 is 1.02 bits per heavy atom. The van der Waals surface area contributed by atoms with Gasteiger partial charge in [-0.3, -0.25) is 9.47 Å². The Morgan fingerprint density at radius 3 is 1.65 bits per heavy atom. The van der Waals surface area contributed by atoms with Crippen LogP contribution in [0.4, 0.5) is 22.9 Å². The lowest BCUT2D eigenvalue weighted by Gasteiger charge is -2.34. The zero-order chi connectivity index (χ0) is 40.0. The van der Waals surface area contributed by atoms with E-state index in [1.54, 1.807) is 0 Å². The van der Waals surface area contributed by atoms with Crippen molar-refractivity contribution >= 4 is 73.5 Å². The molecular weight excluding hydrogens is 747 g/mol. The number of nitrogens with zero attached hydrogens (tertiary/aromatic N) is 5. The second kappa shape index (κ2) is 14.5. The van der Waals surface area contributed by atoms with Gasteiger partial charge >= 0.3 is 0 Å². The van der Waals surface area contributed by atoms with Crippen LogP contribution >= 0.6 is 0 Å². The first-order valence-electron chi connectivity index (χ1n) is 20.2. The summed E-state index contributed by atoms with van der Waals surface area (Å²) in [5.41, 5.74) is 9.05. The summed E-state index contributed by atoms with van der Waals surface area (Å²) in [6.45, 7) is 7.80. The van der Waals surface area contributed by atoms with Crippen molar-refractivity contribution in [3.63, 3.8) is 0 Å². The lowest BCUT2D eigenvalue weighted by atomic mass is 9.95. The molecule has 3 heterocycles. The maximum absolute atomic E-state index is 7.80. The van der Waals surface area contributed by atoms with Crippen molar-refractivity contribution in [1.82, 2.24) is 14.5 Å². The molecule has 5 nitrogen and oxygen atoms in total. The Morgan fingerprint density at radius 1 is 0.467 bits per heavy atom. The number of hydrogen-bond donors (Lipinski definition) is 0. The standard InChI is InChI=1S/C54H37N5Si/c1-55-41-32-33-52-47(36-41)46-28-13-16-31-51(46)59(52)54-56-48(37-53(57-54)58-49-29-14-11-18-39(49)34-40-19-12-15-30-50(40)58)38-20-17-27-45(35-38)60(42-21-5-2-6-22-42,43-23-7-3-8-24-43)44-25-9-4-10-26-44/h2-33,35-37H,34H2. The highest BCUT2D eigenvalue weighted by Gasteiger charge is 2.41. The molecule has 0 unspecified atom stereocenters. The van der Waals surface area contributed by atoms with Crippen LogP contribution in [-0.2, 0) is 6.42 Å². The molecule has 0 atom stereocenters. The molecule has 8 aromatic carbocycles. The van der Waals surface area contributed by atoms with E-state index < -0.39 is 8.07 Å². The average Bonchev–Trinajstić information content (AvgIpc) is 3.65. The van der Waals surface area contributed by atoms with Gasteiger partial charge in [0.15, 0.2) is 13.8 Å².